The number of hydrogen-bond donors (Lipinski definition) is 1. The number of aromatic nitrogens is 2. The van der Waals surface area contributed by atoms with E-state index in [1.807, 2.05) is 26.0 Å². The number of halogens is 3. The molecule has 2 aromatic carbocycles. The van der Waals surface area contributed by atoms with Gasteiger partial charge in [-0.25, -0.2) is 9.97 Å². The van der Waals surface area contributed by atoms with E-state index in [1.54, 1.807) is 11.8 Å². The number of rotatable bonds is 7. The third-order valence-electron chi connectivity index (χ3n) is 4.91. The number of carboxylic acids is 1. The Morgan fingerprint density at radius 3 is 2.55 bits per heavy atom. The molecule has 0 spiro atoms. The molecule has 2 heterocycles. The van der Waals surface area contributed by atoms with E-state index in [0.29, 0.717) is 33.3 Å². The Morgan fingerprint density at radius 2 is 1.88 bits per heavy atom. The molecule has 0 aliphatic rings. The highest BCUT2D eigenvalue weighted by atomic mass is 32.2. The molecular formula is C23H19F3N2O3S2. The van der Waals surface area contributed by atoms with Crippen LogP contribution in [0, 0.1) is 13.8 Å². The lowest BCUT2D eigenvalue weighted by molar-refractivity contribution is -0.138. The highest BCUT2D eigenvalue weighted by Crippen LogP contribution is 2.37. The molecule has 5 nitrogen and oxygen atoms in total. The van der Waals surface area contributed by atoms with Gasteiger partial charge in [0.1, 0.15) is 10.5 Å². The summed E-state index contributed by atoms with van der Waals surface area (Å²) in [5, 5.41) is 9.56. The van der Waals surface area contributed by atoms with Gasteiger partial charge in [-0.1, -0.05) is 12.1 Å². The number of thioether (sulfide) groups is 1. The largest absolute Gasteiger partial charge is 0.481 e. The topological polar surface area (TPSA) is 76.2 Å². The van der Waals surface area contributed by atoms with Gasteiger partial charge in [-0.15, -0.1) is 23.1 Å². The predicted molar refractivity (Wildman–Crippen MR) is 122 cm³/mol. The molecule has 0 aliphatic carbocycles. The second kappa shape index (κ2) is 9.18. The van der Waals surface area contributed by atoms with Crippen molar-refractivity contribution >= 4 is 40.2 Å². The number of aliphatic carboxylic acids is 1. The molecule has 0 saturated heterocycles. The van der Waals surface area contributed by atoms with Crippen molar-refractivity contribution in [2.24, 2.45) is 0 Å². The molecule has 0 aliphatic heterocycles. The average molecular weight is 493 g/mol. The molecule has 0 fully saturated rings. The molecular weight excluding hydrogens is 473 g/mol. The van der Waals surface area contributed by atoms with Gasteiger partial charge in [-0.2, -0.15) is 13.2 Å². The van der Waals surface area contributed by atoms with Crippen LogP contribution < -0.4 is 0 Å². The lowest BCUT2D eigenvalue weighted by atomic mass is 10.1. The lowest BCUT2D eigenvalue weighted by Gasteiger charge is -2.06. The SMILES string of the molecule is Cc1cc(SCc2sc(-c3ccc(C(F)(F)F)cc3)nc2C)c2nc(CCC(=O)O)oc2c1. The van der Waals surface area contributed by atoms with E-state index in [0.717, 1.165) is 33.2 Å². The van der Waals surface area contributed by atoms with Gasteiger partial charge in [-0.3, -0.25) is 4.79 Å². The Bertz CT molecular complexity index is 1310. The van der Waals surface area contributed by atoms with E-state index in [9.17, 15) is 18.0 Å². The van der Waals surface area contributed by atoms with Gasteiger partial charge >= 0.3 is 12.1 Å². The highest BCUT2D eigenvalue weighted by molar-refractivity contribution is 7.98. The summed E-state index contributed by atoms with van der Waals surface area (Å²) in [7, 11) is 0. The minimum absolute atomic E-state index is 0.0545. The van der Waals surface area contributed by atoms with Crippen molar-refractivity contribution in [3.63, 3.8) is 0 Å². The van der Waals surface area contributed by atoms with Crippen LogP contribution in [-0.4, -0.2) is 21.0 Å². The van der Waals surface area contributed by atoms with Crippen molar-refractivity contribution in [3.8, 4) is 10.6 Å². The first-order chi connectivity index (χ1) is 15.6. The van der Waals surface area contributed by atoms with Gasteiger partial charge < -0.3 is 9.52 Å². The second-order valence-corrected chi connectivity index (χ2v) is 9.60. The van der Waals surface area contributed by atoms with Crippen LogP contribution >= 0.6 is 23.1 Å². The molecule has 0 atom stereocenters. The van der Waals surface area contributed by atoms with Crippen LogP contribution in [0.5, 0.6) is 0 Å². The van der Waals surface area contributed by atoms with Crippen LogP contribution in [0.4, 0.5) is 13.2 Å². The maximum atomic E-state index is 12.8. The Morgan fingerprint density at radius 1 is 1.15 bits per heavy atom. The molecule has 0 radical (unpaired) electrons. The van der Waals surface area contributed by atoms with E-state index < -0.39 is 17.7 Å². The van der Waals surface area contributed by atoms with Crippen molar-refractivity contribution in [2.45, 2.75) is 43.5 Å². The Kier molecular flexibility index (Phi) is 6.49. The van der Waals surface area contributed by atoms with Crippen molar-refractivity contribution in [1.82, 2.24) is 9.97 Å². The molecule has 0 saturated carbocycles. The van der Waals surface area contributed by atoms with E-state index >= 15 is 0 Å². The first-order valence-corrected chi connectivity index (χ1v) is 11.8. The summed E-state index contributed by atoms with van der Waals surface area (Å²) in [6.07, 6.45) is -4.20. The van der Waals surface area contributed by atoms with Crippen molar-refractivity contribution in [1.29, 1.82) is 0 Å². The Labute approximate surface area is 195 Å². The van der Waals surface area contributed by atoms with Crippen LogP contribution in [0.1, 0.15) is 34.0 Å². The minimum atomic E-state index is -4.37. The van der Waals surface area contributed by atoms with Gasteiger partial charge in [0.2, 0.25) is 0 Å². The summed E-state index contributed by atoms with van der Waals surface area (Å²) in [6.45, 7) is 3.83. The highest BCUT2D eigenvalue weighted by Gasteiger charge is 2.30. The Balaban J connectivity index is 1.54. The lowest BCUT2D eigenvalue weighted by Crippen LogP contribution is -2.03. The normalized spacial score (nSPS) is 11.9. The van der Waals surface area contributed by atoms with E-state index in [4.69, 9.17) is 9.52 Å². The monoisotopic (exact) mass is 492 g/mol. The standard InChI is InChI=1S/C23H19F3N2O3S2/c1-12-9-16-21(28-19(31-16)7-8-20(29)30)17(10-12)32-11-18-13(2)27-22(33-18)14-3-5-15(6-4-14)23(24,25)26/h3-6,9-10H,7-8,11H2,1-2H3,(H,29,30). The van der Waals surface area contributed by atoms with Crippen LogP contribution in [0.15, 0.2) is 45.7 Å². The molecule has 0 amide bonds. The minimum Gasteiger partial charge on any atom is -0.481 e. The summed E-state index contributed by atoms with van der Waals surface area (Å²) < 4.78 is 44.2. The third kappa shape index (κ3) is 5.39. The summed E-state index contributed by atoms with van der Waals surface area (Å²) >= 11 is 3.02. The summed E-state index contributed by atoms with van der Waals surface area (Å²) in [6, 6.07) is 8.89. The van der Waals surface area contributed by atoms with Crippen LogP contribution in [0.3, 0.4) is 0 Å². The number of carboxylic acid groups (broad SMARTS) is 1. The number of alkyl halides is 3. The smallest absolute Gasteiger partial charge is 0.416 e. The van der Waals surface area contributed by atoms with Gasteiger partial charge in [0.15, 0.2) is 11.5 Å². The van der Waals surface area contributed by atoms with Crippen molar-refractivity contribution in [3.05, 3.63) is 64.0 Å². The molecule has 4 aromatic rings. The van der Waals surface area contributed by atoms with E-state index in [2.05, 4.69) is 9.97 Å². The fourth-order valence-corrected chi connectivity index (χ4v) is 5.56. The number of hydrogen-bond acceptors (Lipinski definition) is 6. The zero-order chi connectivity index (χ0) is 23.8. The maximum absolute atomic E-state index is 12.8. The molecule has 172 valence electrons. The van der Waals surface area contributed by atoms with Crippen molar-refractivity contribution < 1.29 is 27.5 Å². The van der Waals surface area contributed by atoms with Gasteiger partial charge in [-0.05, 0) is 43.7 Å². The third-order valence-corrected chi connectivity index (χ3v) is 7.36. The summed E-state index contributed by atoms with van der Waals surface area (Å²) in [5.41, 5.74) is 3.09. The summed E-state index contributed by atoms with van der Waals surface area (Å²) in [4.78, 5) is 21.8. The molecule has 2 aromatic heterocycles. The number of carbonyl (C=O) groups is 1. The van der Waals surface area contributed by atoms with Gasteiger partial charge in [0.25, 0.3) is 0 Å². The quantitative estimate of drug-likeness (QED) is 0.283. The van der Waals surface area contributed by atoms with E-state index in [1.165, 1.54) is 23.5 Å². The number of nitrogens with zero attached hydrogens (tertiary/aromatic N) is 2. The zero-order valence-electron chi connectivity index (χ0n) is 17.7. The van der Waals surface area contributed by atoms with Gasteiger partial charge in [0, 0.05) is 27.5 Å². The van der Waals surface area contributed by atoms with Crippen molar-refractivity contribution in [2.75, 3.05) is 0 Å². The molecule has 1 N–H and O–H groups in total. The molecule has 33 heavy (non-hydrogen) atoms. The fraction of sp³-hybridized carbons (Fsp3) is 0.261. The first kappa shape index (κ1) is 23.3. The first-order valence-electron chi connectivity index (χ1n) is 9.99. The number of aryl methyl sites for hydroxylation is 3. The summed E-state index contributed by atoms with van der Waals surface area (Å²) in [5.74, 6) is 0.0889. The molecule has 4 rings (SSSR count). The zero-order valence-corrected chi connectivity index (χ0v) is 19.3. The predicted octanol–water partition coefficient (Wildman–Crippen LogP) is 6.90. The Hall–Kier alpha value is -2.85. The maximum Gasteiger partial charge on any atom is 0.416 e. The van der Waals surface area contributed by atoms with Gasteiger partial charge in [0.05, 0.1) is 17.7 Å². The number of thiazole rings is 1. The number of oxazole rings is 1. The molecule has 10 heteroatoms. The van der Waals surface area contributed by atoms with E-state index in [-0.39, 0.29) is 12.8 Å². The van der Waals surface area contributed by atoms with Crippen LogP contribution in [0.2, 0.25) is 0 Å². The molecule has 0 unspecified atom stereocenters. The molecule has 0 bridgehead atoms. The average Bonchev–Trinajstić information content (AvgIpc) is 3.33. The fourth-order valence-electron chi connectivity index (χ4n) is 3.24. The number of benzene rings is 2. The number of fused-ring (bicyclic) bond motifs is 1. The van der Waals surface area contributed by atoms with Crippen LogP contribution in [-0.2, 0) is 23.1 Å². The second-order valence-electron chi connectivity index (χ2n) is 7.50. The van der Waals surface area contributed by atoms with Crippen LogP contribution in [0.25, 0.3) is 21.7 Å².